The number of hydrogen-bond donors (Lipinski definition) is 0. The molecule has 2 saturated heterocycles. The fourth-order valence-electron chi connectivity index (χ4n) is 3.28. The van der Waals surface area contributed by atoms with Crippen molar-refractivity contribution < 1.29 is 1.43 Å². The van der Waals surface area contributed by atoms with E-state index in [-0.39, 0.29) is 1.43 Å². The zero-order valence-corrected chi connectivity index (χ0v) is 9.13. The molecular formula is C12H24B. The van der Waals surface area contributed by atoms with Crippen LogP contribution in [0.15, 0.2) is 0 Å². The summed E-state index contributed by atoms with van der Waals surface area (Å²) in [5.41, 5.74) is 0. The SMILES string of the molecule is CCC(C)C1CC2[B]C(CCC2)C1.[HH]. The van der Waals surface area contributed by atoms with E-state index in [2.05, 4.69) is 21.1 Å². The van der Waals surface area contributed by atoms with Gasteiger partial charge in [0, 0.05) is 1.43 Å². The molecule has 3 atom stereocenters. The second-order valence-electron chi connectivity index (χ2n) is 5.26. The molecule has 0 N–H and O–H groups in total. The lowest BCUT2D eigenvalue weighted by Gasteiger charge is -2.40. The molecule has 0 aromatic carbocycles. The van der Waals surface area contributed by atoms with Crippen molar-refractivity contribution in [2.24, 2.45) is 11.8 Å². The molecular weight excluding hydrogens is 155 g/mol. The van der Waals surface area contributed by atoms with Gasteiger partial charge < -0.3 is 0 Å². The predicted molar refractivity (Wildman–Crippen MR) is 61.4 cm³/mol. The summed E-state index contributed by atoms with van der Waals surface area (Å²) in [5, 5.41) is 0. The van der Waals surface area contributed by atoms with Crippen molar-refractivity contribution in [1.82, 2.24) is 0 Å². The molecule has 2 fully saturated rings. The van der Waals surface area contributed by atoms with Crippen LogP contribution >= 0.6 is 0 Å². The number of fused-ring (bicyclic) bond motifs is 2. The van der Waals surface area contributed by atoms with E-state index in [0.29, 0.717) is 0 Å². The first kappa shape index (κ1) is 9.61. The summed E-state index contributed by atoms with van der Waals surface area (Å²) in [6.45, 7) is 4.80. The Morgan fingerprint density at radius 2 is 1.92 bits per heavy atom. The first-order valence-electron chi connectivity index (χ1n) is 6.14. The Kier molecular flexibility index (Phi) is 3.01. The van der Waals surface area contributed by atoms with Gasteiger partial charge in [0.15, 0.2) is 0 Å². The van der Waals surface area contributed by atoms with Gasteiger partial charge >= 0.3 is 0 Å². The van der Waals surface area contributed by atoms with Crippen LogP contribution in [0.2, 0.25) is 11.6 Å². The van der Waals surface area contributed by atoms with Crippen LogP contribution in [0.1, 0.15) is 53.8 Å². The Morgan fingerprint density at radius 3 is 2.46 bits per heavy atom. The fourth-order valence-corrected chi connectivity index (χ4v) is 3.28. The van der Waals surface area contributed by atoms with Crippen molar-refractivity contribution in [2.45, 2.75) is 64.0 Å². The van der Waals surface area contributed by atoms with E-state index >= 15 is 0 Å². The highest BCUT2D eigenvalue weighted by Gasteiger charge is 2.34. The van der Waals surface area contributed by atoms with Gasteiger partial charge in [-0.15, -0.1) is 0 Å². The van der Waals surface area contributed by atoms with Crippen molar-refractivity contribution in [1.29, 1.82) is 0 Å². The third kappa shape index (κ3) is 2.11. The summed E-state index contributed by atoms with van der Waals surface area (Å²) in [6.07, 6.45) is 8.87. The third-order valence-electron chi connectivity index (χ3n) is 4.35. The molecule has 0 saturated carbocycles. The summed E-state index contributed by atoms with van der Waals surface area (Å²) in [7, 11) is 2.67. The molecule has 2 bridgehead atoms. The second-order valence-corrected chi connectivity index (χ2v) is 5.26. The number of rotatable bonds is 2. The van der Waals surface area contributed by atoms with Crippen LogP contribution in [-0.4, -0.2) is 7.28 Å². The van der Waals surface area contributed by atoms with Crippen molar-refractivity contribution >= 4 is 7.28 Å². The van der Waals surface area contributed by atoms with Crippen molar-refractivity contribution in [3.63, 3.8) is 0 Å². The van der Waals surface area contributed by atoms with E-state index < -0.39 is 0 Å². The Hall–Kier alpha value is 0.0649. The Labute approximate surface area is 85.2 Å². The molecule has 0 amide bonds. The van der Waals surface area contributed by atoms with E-state index in [1.165, 1.54) is 38.5 Å². The highest BCUT2D eigenvalue weighted by atomic mass is 14.3. The minimum Gasteiger partial charge on any atom is -0.0683 e. The van der Waals surface area contributed by atoms with Crippen LogP contribution in [0.4, 0.5) is 0 Å². The normalized spacial score (nSPS) is 40.9. The van der Waals surface area contributed by atoms with Gasteiger partial charge in [-0.05, 0) is 11.8 Å². The minimum absolute atomic E-state index is 0. The van der Waals surface area contributed by atoms with E-state index in [1.807, 2.05) is 0 Å². The molecule has 2 rings (SSSR count). The average molecular weight is 179 g/mol. The predicted octanol–water partition coefficient (Wildman–Crippen LogP) is 4.15. The molecule has 13 heavy (non-hydrogen) atoms. The summed E-state index contributed by atoms with van der Waals surface area (Å²) in [6, 6.07) is 0. The number of hydrogen-bond acceptors (Lipinski definition) is 0. The van der Waals surface area contributed by atoms with E-state index in [9.17, 15) is 0 Å². The van der Waals surface area contributed by atoms with Gasteiger partial charge in [-0.3, -0.25) is 0 Å². The second kappa shape index (κ2) is 4.06. The largest absolute Gasteiger partial charge is 0.117 e. The van der Waals surface area contributed by atoms with Crippen LogP contribution < -0.4 is 0 Å². The first-order chi connectivity index (χ1) is 6.29. The molecule has 0 aromatic heterocycles. The summed E-state index contributed by atoms with van der Waals surface area (Å²) >= 11 is 0. The molecule has 0 spiro atoms. The van der Waals surface area contributed by atoms with Gasteiger partial charge in [0.2, 0.25) is 0 Å². The maximum absolute atomic E-state index is 2.67. The lowest BCUT2D eigenvalue weighted by molar-refractivity contribution is 0.255. The van der Waals surface area contributed by atoms with Gasteiger partial charge in [-0.2, -0.15) is 0 Å². The zero-order chi connectivity index (χ0) is 9.26. The topological polar surface area (TPSA) is 0 Å². The van der Waals surface area contributed by atoms with Gasteiger partial charge in [0.1, 0.15) is 7.28 Å². The lowest BCUT2D eigenvalue weighted by Crippen LogP contribution is -2.30. The zero-order valence-electron chi connectivity index (χ0n) is 9.13. The quantitative estimate of drug-likeness (QED) is 0.558. The summed E-state index contributed by atoms with van der Waals surface area (Å²) in [5.74, 6) is 4.00. The van der Waals surface area contributed by atoms with Gasteiger partial charge in [-0.1, -0.05) is 64.0 Å². The molecule has 3 unspecified atom stereocenters. The van der Waals surface area contributed by atoms with Crippen LogP contribution in [0.3, 0.4) is 0 Å². The Balaban J connectivity index is 0.000000980. The molecule has 0 aliphatic carbocycles. The molecule has 1 heteroatoms. The highest BCUT2D eigenvalue weighted by Crippen LogP contribution is 2.46. The first-order valence-corrected chi connectivity index (χ1v) is 6.14. The summed E-state index contributed by atoms with van der Waals surface area (Å²) < 4.78 is 0. The molecule has 1 radical (unpaired) electrons. The lowest BCUT2D eigenvalue weighted by atomic mass is 9.41. The molecule has 2 aliphatic rings. The maximum atomic E-state index is 2.67. The summed E-state index contributed by atoms with van der Waals surface area (Å²) in [4.78, 5) is 0. The third-order valence-corrected chi connectivity index (χ3v) is 4.35. The van der Waals surface area contributed by atoms with Crippen molar-refractivity contribution in [2.75, 3.05) is 0 Å². The fraction of sp³-hybridized carbons (Fsp3) is 1.00. The van der Waals surface area contributed by atoms with Crippen LogP contribution in [0.25, 0.3) is 0 Å². The van der Waals surface area contributed by atoms with E-state index in [4.69, 9.17) is 0 Å². The highest BCUT2D eigenvalue weighted by molar-refractivity contribution is 6.40. The maximum Gasteiger partial charge on any atom is 0.117 e. The molecule has 2 aliphatic heterocycles. The van der Waals surface area contributed by atoms with E-state index in [0.717, 1.165) is 23.5 Å². The molecule has 0 nitrogen and oxygen atoms in total. The van der Waals surface area contributed by atoms with Crippen molar-refractivity contribution in [3.8, 4) is 0 Å². The molecule has 2 heterocycles. The van der Waals surface area contributed by atoms with Gasteiger partial charge in [0.05, 0.1) is 0 Å². The van der Waals surface area contributed by atoms with Crippen LogP contribution in [0, 0.1) is 11.8 Å². The van der Waals surface area contributed by atoms with E-state index in [1.54, 1.807) is 0 Å². The minimum atomic E-state index is 0. The smallest absolute Gasteiger partial charge is 0.0683 e. The molecule has 75 valence electrons. The van der Waals surface area contributed by atoms with Gasteiger partial charge in [-0.25, -0.2) is 0 Å². The monoisotopic (exact) mass is 179 g/mol. The average Bonchev–Trinajstić information content (AvgIpc) is 2.16. The van der Waals surface area contributed by atoms with Crippen molar-refractivity contribution in [3.05, 3.63) is 0 Å². The van der Waals surface area contributed by atoms with Gasteiger partial charge in [0.25, 0.3) is 0 Å². The Morgan fingerprint density at radius 1 is 1.31 bits per heavy atom. The Bertz CT molecular complexity index is 160. The van der Waals surface area contributed by atoms with Crippen LogP contribution in [-0.2, 0) is 0 Å². The van der Waals surface area contributed by atoms with Crippen LogP contribution in [0.5, 0.6) is 0 Å². The molecule has 0 aromatic rings. The standard InChI is InChI=1S/C12H22B.H2/c1-3-9(2)10-7-11-5-4-6-12(8-10)13-11;/h9-12H,3-8H2,1-2H3;1H.